The molecule has 2 heterocycles. The molecule has 1 amide bonds. The zero-order chi connectivity index (χ0) is 18.4. The van der Waals surface area contributed by atoms with Gasteiger partial charge in [0.25, 0.3) is 0 Å². The zero-order valence-electron chi connectivity index (χ0n) is 14.2. The molecule has 2 aliphatic rings. The lowest BCUT2D eigenvalue weighted by atomic mass is 10.1. The van der Waals surface area contributed by atoms with Crippen LogP contribution in [0.3, 0.4) is 0 Å². The summed E-state index contributed by atoms with van der Waals surface area (Å²) in [6.07, 6.45) is -3.74. The number of aromatic nitrogens is 2. The van der Waals surface area contributed by atoms with Crippen LogP contribution in [0.1, 0.15) is 39.3 Å². The molecule has 1 aliphatic heterocycles. The van der Waals surface area contributed by atoms with Gasteiger partial charge in [0.15, 0.2) is 5.69 Å². The Balaban J connectivity index is 1.65. The molecule has 0 N–H and O–H groups in total. The van der Waals surface area contributed by atoms with Crippen LogP contribution in [0.25, 0.3) is 0 Å². The Morgan fingerprint density at radius 1 is 1.20 bits per heavy atom. The molecule has 1 saturated carbocycles. The van der Waals surface area contributed by atoms with E-state index in [1.165, 1.54) is 0 Å². The third-order valence-corrected chi connectivity index (χ3v) is 4.26. The van der Waals surface area contributed by atoms with Crippen molar-refractivity contribution in [2.24, 2.45) is 5.92 Å². The number of carbonyl (C=O) groups is 1. The summed E-state index contributed by atoms with van der Waals surface area (Å²) in [7, 11) is 0. The summed E-state index contributed by atoms with van der Waals surface area (Å²) in [6.45, 7) is 6.00. The van der Waals surface area contributed by atoms with Gasteiger partial charge in [-0.15, -0.1) is 10.2 Å². The summed E-state index contributed by atoms with van der Waals surface area (Å²) in [5, 5.41) is 6.65. The minimum Gasteiger partial charge on any atom is -0.471 e. The lowest BCUT2D eigenvalue weighted by molar-refractivity contribution is -0.141. The normalized spacial score (nSPS) is 26.0. The minimum atomic E-state index is -4.54. The molecule has 1 aromatic heterocycles. The first-order valence-corrected chi connectivity index (χ1v) is 8.10. The van der Waals surface area contributed by atoms with E-state index in [4.69, 9.17) is 9.47 Å². The van der Waals surface area contributed by atoms with Crippen molar-refractivity contribution in [1.29, 1.82) is 0 Å². The van der Waals surface area contributed by atoms with E-state index in [0.29, 0.717) is 12.5 Å². The molecule has 0 aromatic carbocycles. The van der Waals surface area contributed by atoms with Gasteiger partial charge < -0.3 is 14.4 Å². The molecule has 3 rings (SSSR count). The number of hydrogen-bond donors (Lipinski definition) is 0. The van der Waals surface area contributed by atoms with Gasteiger partial charge in [-0.05, 0) is 45.6 Å². The highest BCUT2D eigenvalue weighted by Gasteiger charge is 2.49. The predicted octanol–water partition coefficient (Wildman–Crippen LogP) is 3.27. The van der Waals surface area contributed by atoms with Crippen LogP contribution in [0.5, 0.6) is 5.88 Å². The van der Waals surface area contributed by atoms with Crippen molar-refractivity contribution in [2.75, 3.05) is 6.54 Å². The number of fused-ring (bicyclic) bond motifs is 2. The number of amides is 1. The number of rotatable bonds is 2. The number of ether oxygens (including phenoxy) is 2. The van der Waals surface area contributed by atoms with Gasteiger partial charge in [-0.2, -0.15) is 13.2 Å². The van der Waals surface area contributed by atoms with Crippen LogP contribution < -0.4 is 4.74 Å². The largest absolute Gasteiger partial charge is 0.471 e. The summed E-state index contributed by atoms with van der Waals surface area (Å²) >= 11 is 0. The highest BCUT2D eigenvalue weighted by atomic mass is 19.4. The third kappa shape index (κ3) is 3.96. The van der Waals surface area contributed by atoms with Crippen LogP contribution >= 0.6 is 0 Å². The molecule has 1 aromatic rings. The summed E-state index contributed by atoms with van der Waals surface area (Å²) in [4.78, 5) is 13.9. The maximum absolute atomic E-state index is 12.5. The van der Waals surface area contributed by atoms with E-state index < -0.39 is 23.6 Å². The van der Waals surface area contributed by atoms with Crippen molar-refractivity contribution in [1.82, 2.24) is 15.1 Å². The average Bonchev–Trinajstić information content (AvgIpc) is 3.05. The van der Waals surface area contributed by atoms with Gasteiger partial charge in [0, 0.05) is 12.6 Å². The SMILES string of the molecule is CC(C)(C)OC(=O)N1C[C@H]2C[C@@H](Oc3ccc(C(F)(F)F)nn3)[C@@H]1C2. The number of hydrogen-bond acceptors (Lipinski definition) is 5. The molecular weight excluding hydrogens is 339 g/mol. The number of alkyl halides is 3. The van der Waals surface area contributed by atoms with Crippen LogP contribution in [0.15, 0.2) is 12.1 Å². The van der Waals surface area contributed by atoms with Gasteiger partial charge in [-0.25, -0.2) is 4.79 Å². The molecule has 6 nitrogen and oxygen atoms in total. The lowest BCUT2D eigenvalue weighted by Crippen LogP contribution is -2.48. The highest BCUT2D eigenvalue weighted by Crippen LogP contribution is 2.40. The van der Waals surface area contributed by atoms with E-state index in [9.17, 15) is 18.0 Å². The van der Waals surface area contributed by atoms with Gasteiger partial charge in [-0.3, -0.25) is 0 Å². The van der Waals surface area contributed by atoms with E-state index in [0.717, 1.165) is 25.0 Å². The van der Waals surface area contributed by atoms with Gasteiger partial charge >= 0.3 is 12.3 Å². The average molecular weight is 359 g/mol. The highest BCUT2D eigenvalue weighted by molar-refractivity contribution is 5.69. The van der Waals surface area contributed by atoms with Crippen LogP contribution in [-0.4, -0.2) is 45.5 Å². The second-order valence-corrected chi connectivity index (χ2v) is 7.45. The minimum absolute atomic E-state index is 0.0229. The Labute approximate surface area is 143 Å². The molecule has 0 radical (unpaired) electrons. The molecule has 1 aliphatic carbocycles. The molecule has 3 atom stereocenters. The van der Waals surface area contributed by atoms with Crippen molar-refractivity contribution in [3.8, 4) is 5.88 Å². The van der Waals surface area contributed by atoms with Crippen molar-refractivity contribution in [3.63, 3.8) is 0 Å². The van der Waals surface area contributed by atoms with Crippen LogP contribution in [0, 0.1) is 5.92 Å². The summed E-state index contributed by atoms with van der Waals surface area (Å²) in [6, 6.07) is 1.82. The number of carbonyl (C=O) groups excluding carboxylic acids is 1. The predicted molar refractivity (Wildman–Crippen MR) is 80.9 cm³/mol. The van der Waals surface area contributed by atoms with Crippen LogP contribution in [0.2, 0.25) is 0 Å². The van der Waals surface area contributed by atoms with Crippen LogP contribution in [0.4, 0.5) is 18.0 Å². The molecule has 0 spiro atoms. The van der Waals surface area contributed by atoms with Gasteiger partial charge in [0.05, 0.1) is 6.04 Å². The molecule has 25 heavy (non-hydrogen) atoms. The van der Waals surface area contributed by atoms with Crippen molar-refractivity contribution in [3.05, 3.63) is 17.8 Å². The van der Waals surface area contributed by atoms with E-state index in [-0.39, 0.29) is 18.0 Å². The summed E-state index contributed by atoms with van der Waals surface area (Å²) in [5.74, 6) is 0.319. The fourth-order valence-electron chi connectivity index (χ4n) is 3.31. The van der Waals surface area contributed by atoms with Gasteiger partial charge in [0.1, 0.15) is 11.7 Å². The van der Waals surface area contributed by atoms with Gasteiger partial charge in [0.2, 0.25) is 5.88 Å². The zero-order valence-corrected chi connectivity index (χ0v) is 14.2. The van der Waals surface area contributed by atoms with Crippen LogP contribution in [-0.2, 0) is 10.9 Å². The number of halogens is 3. The van der Waals surface area contributed by atoms with Crippen molar-refractivity contribution < 1.29 is 27.4 Å². The second-order valence-electron chi connectivity index (χ2n) is 7.45. The van der Waals surface area contributed by atoms with Gasteiger partial charge in [-0.1, -0.05) is 0 Å². The first kappa shape index (κ1) is 17.8. The number of piperidine rings is 1. The Kier molecular flexibility index (Phi) is 4.28. The van der Waals surface area contributed by atoms with E-state index in [1.54, 1.807) is 25.7 Å². The van der Waals surface area contributed by atoms with Crippen molar-refractivity contribution >= 4 is 6.09 Å². The standard InChI is InChI=1S/C16H20F3N3O3/c1-15(2,3)25-14(23)22-8-9-6-10(22)11(7-9)24-13-5-4-12(20-21-13)16(17,18)19/h4-5,9-11H,6-8H2,1-3H3/t9-,10+,11-/m1/s1. The Morgan fingerprint density at radius 3 is 2.44 bits per heavy atom. The lowest BCUT2D eigenvalue weighted by Gasteiger charge is -2.34. The first-order chi connectivity index (χ1) is 11.5. The Hall–Kier alpha value is -2.06. The monoisotopic (exact) mass is 359 g/mol. The molecule has 0 unspecified atom stereocenters. The summed E-state index contributed by atoms with van der Waals surface area (Å²) < 4.78 is 48.7. The van der Waals surface area contributed by atoms with Crippen molar-refractivity contribution in [2.45, 2.75) is 57.5 Å². The molecule has 2 fully saturated rings. The Bertz CT molecular complexity index is 643. The third-order valence-electron chi connectivity index (χ3n) is 4.26. The maximum Gasteiger partial charge on any atom is 0.435 e. The fraction of sp³-hybridized carbons (Fsp3) is 0.688. The topological polar surface area (TPSA) is 64.5 Å². The quantitative estimate of drug-likeness (QED) is 0.811. The second kappa shape index (κ2) is 6.03. The number of nitrogens with zero attached hydrogens (tertiary/aromatic N) is 3. The molecule has 1 saturated heterocycles. The molecule has 9 heteroatoms. The van der Waals surface area contributed by atoms with E-state index >= 15 is 0 Å². The fourth-order valence-corrected chi connectivity index (χ4v) is 3.31. The number of likely N-dealkylation sites (tertiary alicyclic amines) is 1. The summed E-state index contributed by atoms with van der Waals surface area (Å²) in [5.41, 5.74) is -1.66. The Morgan fingerprint density at radius 2 is 1.92 bits per heavy atom. The first-order valence-electron chi connectivity index (χ1n) is 8.10. The maximum atomic E-state index is 12.5. The molecular formula is C16H20F3N3O3. The molecule has 138 valence electrons. The van der Waals surface area contributed by atoms with E-state index in [2.05, 4.69) is 10.2 Å². The smallest absolute Gasteiger partial charge is 0.435 e. The molecule has 2 bridgehead atoms. The van der Waals surface area contributed by atoms with E-state index in [1.807, 2.05) is 0 Å².